The van der Waals surface area contributed by atoms with Crippen molar-refractivity contribution in [2.24, 2.45) is 0 Å². The lowest BCUT2D eigenvalue weighted by Crippen LogP contribution is -2.16. The monoisotopic (exact) mass is 1160 g/mol. The van der Waals surface area contributed by atoms with Crippen LogP contribution in [0.3, 0.4) is 0 Å². The Labute approximate surface area is 479 Å². The average Bonchev–Trinajstić information content (AvgIpc) is 4.56. The number of anilines is 5. The van der Waals surface area contributed by atoms with Crippen molar-refractivity contribution < 1.29 is 29.1 Å². The molecule has 0 spiro atoms. The molecule has 12 aromatic rings. The minimum absolute atomic E-state index is 0.295. The molecule has 0 saturated heterocycles. The van der Waals surface area contributed by atoms with Gasteiger partial charge in [-0.25, -0.2) is 59.9 Å². The molecule has 22 nitrogen and oxygen atoms in total. The van der Waals surface area contributed by atoms with Crippen molar-refractivity contribution in [2.75, 3.05) is 29.6 Å². The molecule has 26 heteroatoms. The van der Waals surface area contributed by atoms with Gasteiger partial charge in [0.15, 0.2) is 15.4 Å². The average molecular weight is 1160 g/mol. The molecule has 0 bridgehead atoms. The number of hydrogen-bond acceptors (Lipinski definition) is 21. The number of carbonyl (C=O) groups excluding carboxylic acids is 3. The standard InChI is InChI=1S/C19H17N5O2S.C17H14N6O2S.C13H10ClN3.C6H8N2O2S/c1-3-26-18(25)14-11-21-19(27-14)23-15-10-13(7-8-20-15)17-12(2)22-16-6-4-5-9-24(16)17;1-10-15(23-7-3-2-4-14(23)20-10)11-5-6-18-13(8-11)21-17-19-9-12(26-17)16(24)22-25;1-9-13(10-5-6-15-11(14)8-10)17-7-3-2-4-12(17)16-9;1-2-10-5(9)4-3-8-6(7)11-4/h4-11H,3H2,1-2H3,(H,20,21,23);2-9,25H,1H3,(H,22,24)(H,18,19,21);2-8H,1H3;3H,2H2,1H3,(H2,7,8). The molecule has 0 aliphatic heterocycles. The van der Waals surface area contributed by atoms with Crippen LogP contribution in [0.4, 0.5) is 27.0 Å². The molecule has 6 N–H and O–H groups in total. The Morgan fingerprint density at radius 3 is 1.38 bits per heavy atom. The van der Waals surface area contributed by atoms with Crippen molar-refractivity contribution in [3.8, 4) is 33.8 Å². The Balaban J connectivity index is 0.000000137. The first kappa shape index (κ1) is 56.2. The lowest BCUT2D eigenvalue weighted by atomic mass is 10.1. The Morgan fingerprint density at radius 1 is 0.556 bits per heavy atom. The molecule has 81 heavy (non-hydrogen) atoms. The summed E-state index contributed by atoms with van der Waals surface area (Å²) in [6.45, 7) is 10.2. The van der Waals surface area contributed by atoms with Gasteiger partial charge < -0.3 is 25.8 Å². The van der Waals surface area contributed by atoms with Crippen molar-refractivity contribution in [3.05, 3.63) is 184 Å². The third kappa shape index (κ3) is 13.5. The van der Waals surface area contributed by atoms with Crippen molar-refractivity contribution in [1.29, 1.82) is 0 Å². The van der Waals surface area contributed by atoms with Crippen LogP contribution < -0.4 is 21.8 Å². The van der Waals surface area contributed by atoms with Crippen LogP contribution in [0.2, 0.25) is 5.15 Å². The molecule has 0 aromatic carbocycles. The maximum atomic E-state index is 11.8. The number of ether oxygens (including phenoxy) is 2. The quantitative estimate of drug-likeness (QED) is 0.0329. The largest absolute Gasteiger partial charge is 0.462 e. The number of nitrogens with one attached hydrogen (secondary N) is 3. The molecule has 0 aliphatic carbocycles. The number of nitrogen functional groups attached to an aromatic ring is 1. The van der Waals surface area contributed by atoms with E-state index in [0.717, 1.165) is 90.5 Å². The van der Waals surface area contributed by atoms with Crippen molar-refractivity contribution in [2.45, 2.75) is 34.6 Å². The van der Waals surface area contributed by atoms with E-state index in [-0.39, 0.29) is 11.9 Å². The van der Waals surface area contributed by atoms with Gasteiger partial charge in [0.25, 0.3) is 5.91 Å². The van der Waals surface area contributed by atoms with Gasteiger partial charge >= 0.3 is 11.9 Å². The summed E-state index contributed by atoms with van der Waals surface area (Å²) < 4.78 is 15.8. The molecule has 12 aromatic heterocycles. The first-order valence-electron chi connectivity index (χ1n) is 24.6. The van der Waals surface area contributed by atoms with Crippen LogP contribution in [0.25, 0.3) is 50.7 Å². The van der Waals surface area contributed by atoms with Gasteiger partial charge in [-0.2, -0.15) is 0 Å². The van der Waals surface area contributed by atoms with Gasteiger partial charge in [-0.3, -0.25) is 23.2 Å². The number of thiazole rings is 3. The van der Waals surface area contributed by atoms with E-state index in [4.69, 9.17) is 32.0 Å². The highest BCUT2D eigenvalue weighted by Gasteiger charge is 2.17. The molecule has 1 amide bonds. The molecular weight excluding hydrogens is 1110 g/mol. The number of nitrogens with two attached hydrogens (primary N) is 1. The van der Waals surface area contributed by atoms with Gasteiger partial charge in [0.05, 0.1) is 66.0 Å². The van der Waals surface area contributed by atoms with Crippen molar-refractivity contribution in [3.63, 3.8) is 0 Å². The molecule has 0 radical (unpaired) electrons. The summed E-state index contributed by atoms with van der Waals surface area (Å²) in [7, 11) is 0. The van der Waals surface area contributed by atoms with Crippen LogP contribution >= 0.6 is 45.6 Å². The number of carbonyl (C=O) groups is 3. The fourth-order valence-corrected chi connectivity index (χ4v) is 10.3. The number of pyridine rings is 6. The maximum absolute atomic E-state index is 11.8. The summed E-state index contributed by atoms with van der Waals surface area (Å²) in [5.41, 5.74) is 18.5. The van der Waals surface area contributed by atoms with Gasteiger partial charge in [0.2, 0.25) is 0 Å². The fraction of sp³-hybridized carbons (Fsp3) is 0.127. The molecule has 12 heterocycles. The molecule has 0 saturated carbocycles. The number of halogens is 1. The molecule has 0 atom stereocenters. The third-order valence-corrected chi connectivity index (χ3v) is 14.3. The second kappa shape index (κ2) is 26.0. The van der Waals surface area contributed by atoms with Gasteiger partial charge in [-0.1, -0.05) is 63.8 Å². The fourth-order valence-electron chi connectivity index (χ4n) is 8.15. The number of aromatic nitrogens is 12. The number of esters is 2. The Kier molecular flexibility index (Phi) is 18.0. The normalized spacial score (nSPS) is 10.7. The lowest BCUT2D eigenvalue weighted by Gasteiger charge is -2.06. The molecule has 410 valence electrons. The highest BCUT2D eigenvalue weighted by Crippen LogP contribution is 2.31. The Bertz CT molecular complexity index is 4170. The van der Waals surface area contributed by atoms with Crippen molar-refractivity contribution in [1.82, 2.24) is 63.5 Å². The van der Waals surface area contributed by atoms with E-state index in [1.165, 1.54) is 29.9 Å². The summed E-state index contributed by atoms with van der Waals surface area (Å²) >= 11 is 9.40. The topological polar surface area (TPSA) is 281 Å². The van der Waals surface area contributed by atoms with E-state index >= 15 is 0 Å². The number of hydrogen-bond donors (Lipinski definition) is 5. The van der Waals surface area contributed by atoms with E-state index in [2.05, 4.69) is 64.3 Å². The molecule has 0 unspecified atom stereocenters. The maximum Gasteiger partial charge on any atom is 0.350 e. The van der Waals surface area contributed by atoms with E-state index in [1.54, 1.807) is 37.9 Å². The lowest BCUT2D eigenvalue weighted by molar-refractivity contribution is 0.0522. The van der Waals surface area contributed by atoms with Gasteiger partial charge in [-0.15, -0.1) is 0 Å². The number of rotatable bonds is 12. The number of imidazole rings is 3. The Hall–Kier alpha value is -9.53. The zero-order valence-corrected chi connectivity index (χ0v) is 47.0. The van der Waals surface area contributed by atoms with Crippen molar-refractivity contribution >= 4 is 107 Å². The molecule has 12 rings (SSSR count). The van der Waals surface area contributed by atoms with E-state index in [0.29, 0.717) is 60.0 Å². The predicted molar refractivity (Wildman–Crippen MR) is 313 cm³/mol. The van der Waals surface area contributed by atoms with Crippen LogP contribution in [0.5, 0.6) is 0 Å². The molecule has 0 aliphatic rings. The Morgan fingerprint density at radius 2 is 0.963 bits per heavy atom. The molecular formula is C55H49ClN16O6S3. The predicted octanol–water partition coefficient (Wildman–Crippen LogP) is 11.4. The minimum atomic E-state index is -0.599. The number of amides is 1. The van der Waals surface area contributed by atoms with E-state index in [9.17, 15) is 14.4 Å². The minimum Gasteiger partial charge on any atom is -0.462 e. The zero-order valence-electron chi connectivity index (χ0n) is 43.8. The van der Waals surface area contributed by atoms with Crippen LogP contribution in [0.1, 0.15) is 59.9 Å². The molecule has 0 fully saturated rings. The highest BCUT2D eigenvalue weighted by atomic mass is 35.5. The summed E-state index contributed by atoms with van der Waals surface area (Å²) in [6.07, 6.45) is 15.4. The number of fused-ring (bicyclic) bond motifs is 3. The summed E-state index contributed by atoms with van der Waals surface area (Å²) in [5, 5.41) is 16.9. The van der Waals surface area contributed by atoms with Crippen LogP contribution in [0, 0.1) is 20.8 Å². The van der Waals surface area contributed by atoms with E-state index in [1.807, 2.05) is 135 Å². The van der Waals surface area contributed by atoms with Gasteiger partial charge in [0.1, 0.15) is 48.4 Å². The summed E-state index contributed by atoms with van der Waals surface area (Å²) in [6, 6.07) is 29.2. The second-order valence-electron chi connectivity index (χ2n) is 16.9. The zero-order chi connectivity index (χ0) is 57.0. The smallest absolute Gasteiger partial charge is 0.350 e. The van der Waals surface area contributed by atoms with Crippen LogP contribution in [-0.2, 0) is 9.47 Å². The first-order chi connectivity index (χ1) is 39.3. The van der Waals surface area contributed by atoms with Crippen LogP contribution in [0.15, 0.2) is 147 Å². The van der Waals surface area contributed by atoms with E-state index < -0.39 is 5.91 Å². The second-order valence-corrected chi connectivity index (χ2v) is 20.4. The number of hydroxylamine groups is 1. The SMILES string of the molecule is CCOC(=O)c1cnc(N)s1.CCOC(=O)c1cnc(Nc2cc(-c3c(C)nc4ccccn34)ccn2)s1.Cc1nc2ccccn2c1-c1ccnc(Cl)c1.Cc1nc2ccccn2c1-c1ccnc(Nc2ncc(C(=O)NO)s2)c1. The number of nitrogens with zero attached hydrogens (tertiary/aromatic N) is 12. The van der Waals surface area contributed by atoms with Crippen LogP contribution in [-0.4, -0.2) is 94.3 Å². The first-order valence-corrected chi connectivity index (χ1v) is 27.4. The highest BCUT2D eigenvalue weighted by molar-refractivity contribution is 7.18. The summed E-state index contributed by atoms with van der Waals surface area (Å²) in [4.78, 5) is 73.7. The van der Waals surface area contributed by atoms with Gasteiger partial charge in [0, 0.05) is 53.9 Å². The number of aryl methyl sites for hydroxylation is 3. The summed E-state index contributed by atoms with van der Waals surface area (Å²) in [5.74, 6) is -0.0907. The van der Waals surface area contributed by atoms with Gasteiger partial charge in [-0.05, 0) is 107 Å². The third-order valence-electron chi connectivity index (χ3n) is 11.5.